The number of aryl methyl sites for hydroxylation is 1. The Hall–Kier alpha value is -2.47. The summed E-state index contributed by atoms with van der Waals surface area (Å²) in [5, 5.41) is 5.55. The van der Waals surface area contributed by atoms with Crippen LogP contribution in [0, 0.1) is 6.92 Å². The molecule has 0 heterocycles. The van der Waals surface area contributed by atoms with E-state index in [1.165, 1.54) is 14.0 Å². The van der Waals surface area contributed by atoms with Gasteiger partial charge in [0.05, 0.1) is 12.8 Å². The summed E-state index contributed by atoms with van der Waals surface area (Å²) in [7, 11) is 1.53. The summed E-state index contributed by atoms with van der Waals surface area (Å²) in [5.41, 5.74) is 2.59. The first kappa shape index (κ1) is 17.9. The zero-order chi connectivity index (χ0) is 17.7. The van der Waals surface area contributed by atoms with E-state index in [0.29, 0.717) is 22.7 Å². The van der Waals surface area contributed by atoms with E-state index in [0.717, 1.165) is 10.5 Å². The molecule has 2 amide bonds. The van der Waals surface area contributed by atoms with E-state index in [1.807, 2.05) is 31.4 Å². The second-order valence-electron chi connectivity index (χ2n) is 5.23. The second kappa shape index (κ2) is 7.88. The first-order chi connectivity index (χ1) is 11.4. The van der Waals surface area contributed by atoms with Crippen LogP contribution in [-0.4, -0.2) is 25.2 Å². The molecule has 126 valence electrons. The van der Waals surface area contributed by atoms with Gasteiger partial charge in [0.15, 0.2) is 0 Å². The lowest BCUT2D eigenvalue weighted by Gasteiger charge is -2.13. The molecule has 24 heavy (non-hydrogen) atoms. The molecule has 0 unspecified atom stereocenters. The summed E-state index contributed by atoms with van der Waals surface area (Å²) < 4.78 is 5.29. The number of anilines is 2. The molecule has 2 aromatic rings. The maximum Gasteiger partial charge on any atom is 0.256 e. The number of carbonyl (C=O) groups excluding carboxylic acids is 2. The topological polar surface area (TPSA) is 67.4 Å². The van der Waals surface area contributed by atoms with Gasteiger partial charge >= 0.3 is 0 Å². The van der Waals surface area contributed by atoms with Crippen LogP contribution in [0.5, 0.6) is 5.75 Å². The number of rotatable bonds is 5. The average molecular weight is 344 g/mol. The van der Waals surface area contributed by atoms with Crippen molar-refractivity contribution in [3.8, 4) is 5.75 Å². The lowest BCUT2D eigenvalue weighted by Crippen LogP contribution is -2.15. The largest absolute Gasteiger partial charge is 0.495 e. The maximum absolute atomic E-state index is 12.6. The van der Waals surface area contributed by atoms with Gasteiger partial charge in [-0.15, -0.1) is 11.8 Å². The Labute approximate surface area is 145 Å². The van der Waals surface area contributed by atoms with E-state index in [9.17, 15) is 9.59 Å². The maximum atomic E-state index is 12.6. The van der Waals surface area contributed by atoms with Gasteiger partial charge in [0.2, 0.25) is 5.91 Å². The minimum Gasteiger partial charge on any atom is -0.495 e. The third-order valence-electron chi connectivity index (χ3n) is 3.46. The Morgan fingerprint density at radius 3 is 2.46 bits per heavy atom. The van der Waals surface area contributed by atoms with E-state index >= 15 is 0 Å². The zero-order valence-corrected chi connectivity index (χ0v) is 14.9. The molecule has 0 radical (unpaired) electrons. The van der Waals surface area contributed by atoms with Gasteiger partial charge < -0.3 is 15.4 Å². The van der Waals surface area contributed by atoms with Crippen LogP contribution < -0.4 is 15.4 Å². The van der Waals surface area contributed by atoms with Crippen LogP contribution in [0.2, 0.25) is 0 Å². The SMILES string of the molecule is COc1ccc(NC(C)=O)cc1NC(=O)c1cc(SC)ccc1C. The standard InChI is InChI=1S/C18H20N2O3S/c1-11-5-7-14(24-4)10-15(11)18(22)20-16-9-13(19-12(2)21)6-8-17(16)23-3/h5-10H,1-4H3,(H,19,21)(H,20,22). The number of thioether (sulfide) groups is 1. The van der Waals surface area contributed by atoms with Gasteiger partial charge in [-0.1, -0.05) is 6.07 Å². The Kier molecular flexibility index (Phi) is 5.87. The molecular formula is C18H20N2O3S. The molecule has 2 N–H and O–H groups in total. The van der Waals surface area contributed by atoms with Crippen LogP contribution in [-0.2, 0) is 4.79 Å². The third kappa shape index (κ3) is 4.29. The number of methoxy groups -OCH3 is 1. The van der Waals surface area contributed by atoms with Gasteiger partial charge in [-0.25, -0.2) is 0 Å². The van der Waals surface area contributed by atoms with Crippen LogP contribution in [0.4, 0.5) is 11.4 Å². The number of ether oxygens (including phenoxy) is 1. The molecule has 0 spiro atoms. The minimum atomic E-state index is -0.221. The van der Waals surface area contributed by atoms with Gasteiger partial charge in [0.25, 0.3) is 5.91 Å². The van der Waals surface area contributed by atoms with Gasteiger partial charge in [0.1, 0.15) is 5.75 Å². The van der Waals surface area contributed by atoms with Crippen molar-refractivity contribution < 1.29 is 14.3 Å². The van der Waals surface area contributed by atoms with Crippen molar-refractivity contribution in [3.63, 3.8) is 0 Å². The van der Waals surface area contributed by atoms with E-state index < -0.39 is 0 Å². The highest BCUT2D eigenvalue weighted by atomic mass is 32.2. The van der Waals surface area contributed by atoms with Crippen LogP contribution in [0.15, 0.2) is 41.3 Å². The summed E-state index contributed by atoms with van der Waals surface area (Å²) >= 11 is 1.58. The highest BCUT2D eigenvalue weighted by Gasteiger charge is 2.13. The Bertz CT molecular complexity index is 775. The number of benzene rings is 2. The molecule has 0 aliphatic rings. The quantitative estimate of drug-likeness (QED) is 0.806. The van der Waals surface area contributed by atoms with Gasteiger partial charge in [-0.2, -0.15) is 0 Å². The van der Waals surface area contributed by atoms with Crippen LogP contribution in [0.1, 0.15) is 22.8 Å². The molecule has 2 rings (SSSR count). The second-order valence-corrected chi connectivity index (χ2v) is 6.11. The molecular weight excluding hydrogens is 324 g/mol. The fourth-order valence-electron chi connectivity index (χ4n) is 2.25. The van der Waals surface area contributed by atoms with Crippen LogP contribution >= 0.6 is 11.8 Å². The highest BCUT2D eigenvalue weighted by Crippen LogP contribution is 2.29. The molecule has 6 heteroatoms. The summed E-state index contributed by atoms with van der Waals surface area (Å²) in [6.45, 7) is 3.32. The molecule has 2 aromatic carbocycles. The average Bonchev–Trinajstić information content (AvgIpc) is 2.55. The summed E-state index contributed by atoms with van der Waals surface area (Å²) in [6.07, 6.45) is 1.96. The molecule has 5 nitrogen and oxygen atoms in total. The summed E-state index contributed by atoms with van der Waals surface area (Å²) in [4.78, 5) is 24.9. The molecule has 0 aliphatic carbocycles. The molecule has 0 aromatic heterocycles. The Morgan fingerprint density at radius 1 is 1.08 bits per heavy atom. The lowest BCUT2D eigenvalue weighted by molar-refractivity contribution is -0.114. The van der Waals surface area contributed by atoms with Crippen molar-refractivity contribution in [3.05, 3.63) is 47.5 Å². The fourth-order valence-corrected chi connectivity index (χ4v) is 2.69. The highest BCUT2D eigenvalue weighted by molar-refractivity contribution is 7.98. The first-order valence-corrected chi connectivity index (χ1v) is 8.58. The van der Waals surface area contributed by atoms with Gasteiger partial charge in [-0.3, -0.25) is 9.59 Å². The summed E-state index contributed by atoms with van der Waals surface area (Å²) in [5.74, 6) is 0.124. The molecule has 0 bridgehead atoms. The molecule has 0 aliphatic heterocycles. The predicted molar refractivity (Wildman–Crippen MR) is 98.2 cm³/mol. The van der Waals surface area contributed by atoms with E-state index in [1.54, 1.807) is 30.0 Å². The number of amides is 2. The predicted octanol–water partition coefficient (Wildman–Crippen LogP) is 3.94. The van der Waals surface area contributed by atoms with Crippen molar-refractivity contribution in [1.29, 1.82) is 0 Å². The van der Waals surface area contributed by atoms with Crippen molar-refractivity contribution >= 4 is 35.0 Å². The fraction of sp³-hybridized carbons (Fsp3) is 0.222. The van der Waals surface area contributed by atoms with Crippen LogP contribution in [0.3, 0.4) is 0 Å². The summed E-state index contributed by atoms with van der Waals surface area (Å²) in [6, 6.07) is 10.9. The normalized spacial score (nSPS) is 10.2. The monoisotopic (exact) mass is 344 g/mol. The number of nitrogens with one attached hydrogen (secondary N) is 2. The molecule has 0 fully saturated rings. The number of hydrogen-bond donors (Lipinski definition) is 2. The molecule has 0 saturated carbocycles. The van der Waals surface area contributed by atoms with Crippen molar-refractivity contribution in [2.75, 3.05) is 24.0 Å². The van der Waals surface area contributed by atoms with E-state index in [2.05, 4.69) is 10.6 Å². The van der Waals surface area contributed by atoms with E-state index in [4.69, 9.17) is 4.74 Å². The lowest BCUT2D eigenvalue weighted by atomic mass is 10.1. The van der Waals surface area contributed by atoms with E-state index in [-0.39, 0.29) is 11.8 Å². The minimum absolute atomic E-state index is 0.180. The van der Waals surface area contributed by atoms with Crippen molar-refractivity contribution in [2.24, 2.45) is 0 Å². The van der Waals surface area contributed by atoms with Crippen molar-refractivity contribution in [1.82, 2.24) is 0 Å². The van der Waals surface area contributed by atoms with Crippen molar-refractivity contribution in [2.45, 2.75) is 18.7 Å². The smallest absolute Gasteiger partial charge is 0.256 e. The first-order valence-electron chi connectivity index (χ1n) is 7.36. The number of hydrogen-bond acceptors (Lipinski definition) is 4. The Balaban J connectivity index is 2.32. The van der Waals surface area contributed by atoms with Gasteiger partial charge in [0, 0.05) is 23.1 Å². The Morgan fingerprint density at radius 2 is 1.83 bits per heavy atom. The molecule has 0 atom stereocenters. The zero-order valence-electron chi connectivity index (χ0n) is 14.1. The van der Waals surface area contributed by atoms with Gasteiger partial charge in [-0.05, 0) is 49.1 Å². The van der Waals surface area contributed by atoms with Crippen LogP contribution in [0.25, 0.3) is 0 Å². The third-order valence-corrected chi connectivity index (χ3v) is 4.18. The molecule has 0 saturated heterocycles. The number of carbonyl (C=O) groups is 2.